The van der Waals surface area contributed by atoms with Crippen LogP contribution in [0.4, 0.5) is 5.82 Å². The molecule has 0 aliphatic carbocycles. The lowest BCUT2D eigenvalue weighted by Crippen LogP contribution is -2.43. The van der Waals surface area contributed by atoms with Gasteiger partial charge in [-0.05, 0) is 43.9 Å². The van der Waals surface area contributed by atoms with E-state index < -0.39 is 0 Å². The van der Waals surface area contributed by atoms with E-state index in [4.69, 9.17) is 16.7 Å². The smallest absolute Gasteiger partial charge is 0.157 e. The van der Waals surface area contributed by atoms with Crippen molar-refractivity contribution >= 4 is 23.1 Å². The van der Waals surface area contributed by atoms with Crippen molar-refractivity contribution in [1.82, 2.24) is 14.6 Å². The van der Waals surface area contributed by atoms with Crippen LogP contribution in [0.3, 0.4) is 0 Å². The summed E-state index contributed by atoms with van der Waals surface area (Å²) in [7, 11) is 0. The van der Waals surface area contributed by atoms with E-state index in [2.05, 4.69) is 16.0 Å². The molecule has 1 fully saturated rings. The van der Waals surface area contributed by atoms with Gasteiger partial charge in [0.05, 0.1) is 18.3 Å². The molecule has 26 heavy (non-hydrogen) atoms. The van der Waals surface area contributed by atoms with Gasteiger partial charge in [0, 0.05) is 35.8 Å². The van der Waals surface area contributed by atoms with Gasteiger partial charge in [0.1, 0.15) is 5.82 Å². The minimum atomic E-state index is 0.151. The Kier molecular flexibility index (Phi) is 4.83. The maximum atomic E-state index is 9.79. The van der Waals surface area contributed by atoms with Gasteiger partial charge >= 0.3 is 0 Å². The second kappa shape index (κ2) is 7.25. The summed E-state index contributed by atoms with van der Waals surface area (Å²) in [6.07, 6.45) is 4.05. The second-order valence-corrected chi connectivity index (χ2v) is 7.43. The van der Waals surface area contributed by atoms with Crippen molar-refractivity contribution in [2.24, 2.45) is 0 Å². The molecule has 1 aliphatic rings. The molecule has 6 heteroatoms. The van der Waals surface area contributed by atoms with Gasteiger partial charge in [0.2, 0.25) is 0 Å². The van der Waals surface area contributed by atoms with Crippen molar-refractivity contribution in [1.29, 1.82) is 0 Å². The van der Waals surface area contributed by atoms with Gasteiger partial charge < -0.3 is 10.0 Å². The quantitative estimate of drug-likeness (QED) is 0.761. The Morgan fingerprint density at radius 2 is 2.00 bits per heavy atom. The van der Waals surface area contributed by atoms with E-state index in [0.29, 0.717) is 0 Å². The van der Waals surface area contributed by atoms with E-state index in [1.165, 1.54) is 5.56 Å². The topological polar surface area (TPSA) is 53.7 Å². The van der Waals surface area contributed by atoms with Crippen molar-refractivity contribution in [3.05, 3.63) is 58.4 Å². The first-order chi connectivity index (χ1) is 12.6. The highest BCUT2D eigenvalue weighted by atomic mass is 35.5. The highest BCUT2D eigenvalue weighted by molar-refractivity contribution is 6.30. The normalized spacial score (nSPS) is 17.8. The van der Waals surface area contributed by atoms with Crippen LogP contribution in [-0.4, -0.2) is 38.9 Å². The molecule has 0 spiro atoms. The molecule has 1 unspecified atom stereocenters. The Morgan fingerprint density at radius 1 is 1.19 bits per heavy atom. The highest BCUT2D eigenvalue weighted by Crippen LogP contribution is 2.26. The number of rotatable bonds is 4. The molecule has 1 aliphatic heterocycles. The van der Waals surface area contributed by atoms with Crippen molar-refractivity contribution in [3.63, 3.8) is 0 Å². The summed E-state index contributed by atoms with van der Waals surface area (Å²) in [5, 5.41) is 15.3. The van der Waals surface area contributed by atoms with Crippen molar-refractivity contribution < 1.29 is 5.11 Å². The van der Waals surface area contributed by atoms with Crippen LogP contribution in [0.2, 0.25) is 5.02 Å². The molecule has 3 aromatic rings. The average Bonchev–Trinajstić information content (AvgIpc) is 3.05. The summed E-state index contributed by atoms with van der Waals surface area (Å²) in [6, 6.07) is 12.1. The van der Waals surface area contributed by atoms with Gasteiger partial charge in [0.25, 0.3) is 0 Å². The number of hydrogen-bond acceptors (Lipinski definition) is 4. The number of benzene rings is 1. The number of fused-ring (bicyclic) bond motifs is 1. The molecule has 0 saturated carbocycles. The lowest BCUT2D eigenvalue weighted by atomic mass is 10.0. The fourth-order valence-electron chi connectivity index (χ4n) is 3.72. The highest BCUT2D eigenvalue weighted by Gasteiger charge is 2.24. The fraction of sp³-hybridized carbons (Fsp3) is 0.400. The number of anilines is 1. The molecular weight excluding hydrogens is 348 g/mol. The van der Waals surface area contributed by atoms with E-state index in [1.807, 2.05) is 41.8 Å². The SMILES string of the molecule is Cc1cc(N2CCCCC2CO)n2nc(Cc3ccc(Cl)cc3)cc2n1. The number of nitrogens with zero attached hydrogens (tertiary/aromatic N) is 4. The van der Waals surface area contributed by atoms with Crippen LogP contribution in [-0.2, 0) is 6.42 Å². The van der Waals surface area contributed by atoms with Gasteiger partial charge in [-0.15, -0.1) is 0 Å². The van der Waals surface area contributed by atoms with Gasteiger partial charge in [0.15, 0.2) is 5.65 Å². The number of aryl methyl sites for hydroxylation is 1. The van der Waals surface area contributed by atoms with Crippen molar-refractivity contribution in [3.8, 4) is 0 Å². The molecular formula is C20H23ClN4O. The number of aliphatic hydroxyl groups is 1. The number of halogens is 1. The lowest BCUT2D eigenvalue weighted by molar-refractivity contribution is 0.239. The van der Waals surface area contributed by atoms with E-state index in [9.17, 15) is 5.11 Å². The zero-order valence-electron chi connectivity index (χ0n) is 14.9. The van der Waals surface area contributed by atoms with Crippen LogP contribution in [0.25, 0.3) is 5.65 Å². The summed E-state index contributed by atoms with van der Waals surface area (Å²) < 4.78 is 1.92. The lowest BCUT2D eigenvalue weighted by Gasteiger charge is -2.36. The Labute approximate surface area is 158 Å². The summed E-state index contributed by atoms with van der Waals surface area (Å²) in [5.41, 5.74) is 3.96. The molecule has 1 N–H and O–H groups in total. The second-order valence-electron chi connectivity index (χ2n) is 6.99. The van der Waals surface area contributed by atoms with Gasteiger partial charge in [-0.1, -0.05) is 23.7 Å². The maximum Gasteiger partial charge on any atom is 0.157 e. The Balaban J connectivity index is 1.71. The molecule has 0 amide bonds. The molecule has 4 rings (SSSR count). The minimum absolute atomic E-state index is 0.151. The Bertz CT molecular complexity index is 906. The molecule has 136 valence electrons. The van der Waals surface area contributed by atoms with Gasteiger partial charge in [-0.2, -0.15) is 9.61 Å². The Morgan fingerprint density at radius 3 is 2.77 bits per heavy atom. The van der Waals surface area contributed by atoms with Crippen LogP contribution < -0.4 is 4.90 Å². The fourth-order valence-corrected chi connectivity index (χ4v) is 3.85. The predicted octanol–water partition coefficient (Wildman–Crippen LogP) is 3.63. The third-order valence-electron chi connectivity index (χ3n) is 5.02. The number of aliphatic hydroxyl groups excluding tert-OH is 1. The summed E-state index contributed by atoms with van der Waals surface area (Å²) in [6.45, 7) is 3.12. The van der Waals surface area contributed by atoms with Crippen LogP contribution in [0.15, 0.2) is 36.4 Å². The van der Waals surface area contributed by atoms with Gasteiger partial charge in [-0.25, -0.2) is 4.98 Å². The van der Waals surface area contributed by atoms with Crippen LogP contribution >= 0.6 is 11.6 Å². The standard InChI is InChI=1S/C20H23ClN4O/c1-14-10-20(24-9-3-2-4-18(24)13-26)25-19(22-14)12-17(23-25)11-15-5-7-16(21)8-6-15/h5-8,10,12,18,26H,2-4,9,11,13H2,1H3. The third-order valence-corrected chi connectivity index (χ3v) is 5.27. The third kappa shape index (κ3) is 3.41. The first-order valence-electron chi connectivity index (χ1n) is 9.12. The monoisotopic (exact) mass is 370 g/mol. The van der Waals surface area contributed by atoms with E-state index >= 15 is 0 Å². The van der Waals surface area contributed by atoms with Gasteiger partial charge in [-0.3, -0.25) is 0 Å². The molecule has 1 aromatic carbocycles. The molecule has 1 saturated heterocycles. The van der Waals surface area contributed by atoms with Crippen LogP contribution in [0.1, 0.15) is 36.2 Å². The maximum absolute atomic E-state index is 9.79. The summed E-state index contributed by atoms with van der Waals surface area (Å²) in [4.78, 5) is 6.93. The first-order valence-corrected chi connectivity index (χ1v) is 9.50. The summed E-state index contributed by atoms with van der Waals surface area (Å²) in [5.74, 6) is 1.02. The van der Waals surface area contributed by atoms with E-state index in [1.54, 1.807) is 0 Å². The Hall–Kier alpha value is -2.11. The van der Waals surface area contributed by atoms with Crippen molar-refractivity contribution in [2.75, 3.05) is 18.1 Å². The predicted molar refractivity (Wildman–Crippen MR) is 104 cm³/mol. The molecule has 0 bridgehead atoms. The first kappa shape index (κ1) is 17.3. The number of aromatic nitrogens is 3. The number of hydrogen-bond donors (Lipinski definition) is 1. The van der Waals surface area contributed by atoms with E-state index in [-0.39, 0.29) is 12.6 Å². The van der Waals surface area contributed by atoms with Crippen LogP contribution in [0, 0.1) is 6.92 Å². The molecule has 0 radical (unpaired) electrons. The molecule has 2 aromatic heterocycles. The van der Waals surface area contributed by atoms with Crippen LogP contribution in [0.5, 0.6) is 0 Å². The minimum Gasteiger partial charge on any atom is -0.394 e. The largest absolute Gasteiger partial charge is 0.394 e. The molecule has 5 nitrogen and oxygen atoms in total. The zero-order chi connectivity index (χ0) is 18.1. The van der Waals surface area contributed by atoms with E-state index in [0.717, 1.165) is 60.1 Å². The zero-order valence-corrected chi connectivity index (χ0v) is 15.7. The summed E-state index contributed by atoms with van der Waals surface area (Å²) >= 11 is 5.97. The van der Waals surface area contributed by atoms with Crippen molar-refractivity contribution in [2.45, 2.75) is 38.6 Å². The molecule has 3 heterocycles. The molecule has 1 atom stereocenters. The number of piperidine rings is 1. The average molecular weight is 371 g/mol.